The second kappa shape index (κ2) is 6.58. The minimum atomic E-state index is 0.0232. The summed E-state index contributed by atoms with van der Waals surface area (Å²) in [6.45, 7) is 4.50. The van der Waals surface area contributed by atoms with Crippen molar-refractivity contribution in [3.63, 3.8) is 0 Å². The smallest absolute Gasteiger partial charge is 0.251 e. The fraction of sp³-hybridized carbons (Fsp3) is 0.471. The number of carbonyl (C=O) groups excluding carboxylic acids is 1. The molecule has 1 saturated carbocycles. The third kappa shape index (κ3) is 3.61. The maximum absolute atomic E-state index is 12.2. The lowest BCUT2D eigenvalue weighted by Crippen LogP contribution is -2.26. The Bertz CT molecular complexity index is 554. The van der Waals surface area contributed by atoms with Gasteiger partial charge in [-0.25, -0.2) is 0 Å². The van der Waals surface area contributed by atoms with E-state index in [2.05, 4.69) is 24.1 Å². The molecular weight excluding hydrogens is 248 g/mol. The van der Waals surface area contributed by atoms with Crippen molar-refractivity contribution in [3.8, 4) is 11.8 Å². The predicted octanol–water partition coefficient (Wildman–Crippen LogP) is 2.22. The van der Waals surface area contributed by atoms with Crippen LogP contribution in [0.25, 0.3) is 0 Å². The van der Waals surface area contributed by atoms with Crippen LogP contribution in [-0.2, 0) is 0 Å². The number of rotatable bonds is 4. The Labute approximate surface area is 120 Å². The number of benzene rings is 1. The Hall–Kier alpha value is -1.79. The Morgan fingerprint density at radius 2 is 2.30 bits per heavy atom. The lowest BCUT2D eigenvalue weighted by Gasteiger charge is -2.06. The zero-order valence-electron chi connectivity index (χ0n) is 12.2. The van der Waals surface area contributed by atoms with E-state index in [-0.39, 0.29) is 5.91 Å². The summed E-state index contributed by atoms with van der Waals surface area (Å²) in [5.41, 5.74) is 8.02. The summed E-state index contributed by atoms with van der Waals surface area (Å²) in [5.74, 6) is 6.55. The minimum absolute atomic E-state index is 0.0232. The van der Waals surface area contributed by atoms with E-state index in [1.807, 2.05) is 25.1 Å². The van der Waals surface area contributed by atoms with Gasteiger partial charge < -0.3 is 11.1 Å². The first-order valence-corrected chi connectivity index (χ1v) is 7.26. The van der Waals surface area contributed by atoms with Crippen molar-refractivity contribution in [3.05, 3.63) is 34.9 Å². The third-order valence-corrected chi connectivity index (χ3v) is 3.71. The fourth-order valence-electron chi connectivity index (χ4n) is 2.46. The van der Waals surface area contributed by atoms with Crippen LogP contribution in [0.2, 0.25) is 0 Å². The molecule has 3 N–H and O–H groups in total. The number of nitrogens with two attached hydrogens (primary N) is 1. The lowest BCUT2D eigenvalue weighted by atomic mass is 10.0. The molecule has 0 aliphatic heterocycles. The predicted molar refractivity (Wildman–Crippen MR) is 81.4 cm³/mol. The van der Waals surface area contributed by atoms with E-state index in [0.29, 0.717) is 24.1 Å². The van der Waals surface area contributed by atoms with Gasteiger partial charge in [0.15, 0.2) is 0 Å². The van der Waals surface area contributed by atoms with Crippen LogP contribution in [0.5, 0.6) is 0 Å². The number of hydrogen-bond donors (Lipinski definition) is 2. The van der Waals surface area contributed by atoms with Crippen LogP contribution in [0, 0.1) is 24.7 Å². The van der Waals surface area contributed by atoms with E-state index < -0.39 is 0 Å². The molecule has 0 radical (unpaired) electrons. The molecule has 1 aliphatic carbocycles. The van der Waals surface area contributed by atoms with Crippen LogP contribution >= 0.6 is 0 Å². The molecule has 0 saturated heterocycles. The summed E-state index contributed by atoms with van der Waals surface area (Å²) in [5, 5.41) is 3.10. The third-order valence-electron chi connectivity index (χ3n) is 3.71. The summed E-state index contributed by atoms with van der Waals surface area (Å²) in [7, 11) is 0. The van der Waals surface area contributed by atoms with Crippen molar-refractivity contribution >= 4 is 5.91 Å². The molecule has 3 nitrogen and oxygen atoms in total. The molecule has 1 aromatic carbocycles. The topological polar surface area (TPSA) is 55.1 Å². The highest BCUT2D eigenvalue weighted by Crippen LogP contribution is 2.34. The Morgan fingerprint density at radius 3 is 2.95 bits per heavy atom. The molecule has 0 bridgehead atoms. The summed E-state index contributed by atoms with van der Waals surface area (Å²) in [6.07, 6.45) is 3.51. The van der Waals surface area contributed by atoms with Crippen molar-refractivity contribution in [2.75, 3.05) is 6.54 Å². The average Bonchev–Trinajstić information content (AvgIpc) is 3.15. The monoisotopic (exact) mass is 270 g/mol. The largest absolute Gasteiger partial charge is 0.349 e. The lowest BCUT2D eigenvalue weighted by molar-refractivity contribution is 0.0948. The molecule has 2 rings (SSSR count). The van der Waals surface area contributed by atoms with Gasteiger partial charge in [0, 0.05) is 17.2 Å². The van der Waals surface area contributed by atoms with Crippen LogP contribution in [-0.4, -0.2) is 18.5 Å². The molecule has 2 unspecified atom stereocenters. The van der Waals surface area contributed by atoms with Gasteiger partial charge in [0.25, 0.3) is 5.91 Å². The second-order valence-corrected chi connectivity index (χ2v) is 5.40. The molecule has 106 valence electrons. The van der Waals surface area contributed by atoms with E-state index in [9.17, 15) is 4.79 Å². The van der Waals surface area contributed by atoms with Crippen LogP contribution in [0.4, 0.5) is 0 Å². The second-order valence-electron chi connectivity index (χ2n) is 5.40. The Kier molecular flexibility index (Phi) is 4.81. The molecule has 0 spiro atoms. The van der Waals surface area contributed by atoms with Gasteiger partial charge in [-0.3, -0.25) is 4.79 Å². The zero-order valence-corrected chi connectivity index (χ0v) is 12.2. The van der Waals surface area contributed by atoms with E-state index in [0.717, 1.165) is 17.5 Å². The molecule has 20 heavy (non-hydrogen) atoms. The van der Waals surface area contributed by atoms with Gasteiger partial charge in [0.1, 0.15) is 0 Å². The molecule has 1 fully saturated rings. The molecule has 2 atom stereocenters. The van der Waals surface area contributed by atoms with E-state index in [4.69, 9.17) is 5.73 Å². The van der Waals surface area contributed by atoms with Gasteiger partial charge in [-0.2, -0.15) is 0 Å². The van der Waals surface area contributed by atoms with Crippen LogP contribution in [0.15, 0.2) is 18.2 Å². The quantitative estimate of drug-likeness (QED) is 0.824. The van der Waals surface area contributed by atoms with Gasteiger partial charge in [0.2, 0.25) is 0 Å². The minimum Gasteiger partial charge on any atom is -0.349 e. The van der Waals surface area contributed by atoms with Crippen molar-refractivity contribution in [1.29, 1.82) is 0 Å². The van der Waals surface area contributed by atoms with Crippen molar-refractivity contribution in [1.82, 2.24) is 5.32 Å². The maximum atomic E-state index is 12.2. The molecule has 1 aromatic rings. The number of nitrogens with one attached hydrogen (secondary N) is 1. The zero-order chi connectivity index (χ0) is 14.5. The van der Waals surface area contributed by atoms with Gasteiger partial charge >= 0.3 is 0 Å². The molecule has 1 aliphatic rings. The highest BCUT2D eigenvalue weighted by Gasteiger charge is 2.37. The number of amides is 1. The van der Waals surface area contributed by atoms with E-state index in [1.54, 1.807) is 0 Å². The number of aryl methyl sites for hydroxylation is 1. The SMILES string of the molecule is CCCC1CC1NC(=O)c1ccc(C#CCN)c(C)c1. The molecule has 1 amide bonds. The molecular formula is C17H22N2O. The van der Waals surface area contributed by atoms with Crippen molar-refractivity contribution in [2.45, 2.75) is 39.2 Å². The highest BCUT2D eigenvalue weighted by atomic mass is 16.1. The first-order chi connectivity index (χ1) is 9.65. The number of hydrogen-bond acceptors (Lipinski definition) is 2. The molecule has 3 heteroatoms. The Balaban J connectivity index is 1.99. The standard InChI is InChI=1S/C17H22N2O/c1-3-5-14-11-16(14)19-17(20)15-8-7-13(6-4-9-18)12(2)10-15/h7-8,10,14,16H,3,5,9,11,18H2,1-2H3,(H,19,20). The number of carbonyl (C=O) groups is 1. The van der Waals surface area contributed by atoms with Crippen molar-refractivity contribution < 1.29 is 4.79 Å². The fourth-order valence-corrected chi connectivity index (χ4v) is 2.46. The molecule has 0 heterocycles. The first kappa shape index (κ1) is 14.6. The van der Waals surface area contributed by atoms with Crippen molar-refractivity contribution in [2.24, 2.45) is 11.7 Å². The first-order valence-electron chi connectivity index (χ1n) is 7.26. The Morgan fingerprint density at radius 1 is 1.50 bits per heavy atom. The molecule has 0 aromatic heterocycles. The summed E-state index contributed by atoms with van der Waals surface area (Å²) >= 11 is 0. The summed E-state index contributed by atoms with van der Waals surface area (Å²) in [6, 6.07) is 6.00. The summed E-state index contributed by atoms with van der Waals surface area (Å²) < 4.78 is 0. The average molecular weight is 270 g/mol. The normalized spacial score (nSPS) is 19.9. The van der Waals surface area contributed by atoms with E-state index in [1.165, 1.54) is 12.8 Å². The summed E-state index contributed by atoms with van der Waals surface area (Å²) in [4.78, 5) is 12.2. The maximum Gasteiger partial charge on any atom is 0.251 e. The van der Waals surface area contributed by atoms with Crippen LogP contribution < -0.4 is 11.1 Å². The van der Waals surface area contributed by atoms with Crippen LogP contribution in [0.3, 0.4) is 0 Å². The highest BCUT2D eigenvalue weighted by molar-refractivity contribution is 5.95. The van der Waals surface area contributed by atoms with Crippen LogP contribution in [0.1, 0.15) is 47.7 Å². The van der Waals surface area contributed by atoms with Gasteiger partial charge in [-0.05, 0) is 49.4 Å². The van der Waals surface area contributed by atoms with E-state index >= 15 is 0 Å². The van der Waals surface area contributed by atoms with Gasteiger partial charge in [-0.15, -0.1) is 0 Å². The van der Waals surface area contributed by atoms with Gasteiger partial charge in [-0.1, -0.05) is 25.2 Å². The van der Waals surface area contributed by atoms with Gasteiger partial charge in [0.05, 0.1) is 6.54 Å².